The molecular weight excluding hydrogens is 424 g/mol. The van der Waals surface area contributed by atoms with Crippen LogP contribution in [0.2, 0.25) is 0 Å². The first-order valence-corrected chi connectivity index (χ1v) is 12.8. The molecule has 3 rings (SSSR count). The van der Waals surface area contributed by atoms with Gasteiger partial charge in [0.25, 0.3) is 15.9 Å². The third kappa shape index (κ3) is 6.23. The first-order valence-electron chi connectivity index (χ1n) is 11.3. The summed E-state index contributed by atoms with van der Waals surface area (Å²) in [5, 5.41) is 6.27. The molecule has 1 fully saturated rings. The molecule has 0 atom stereocenters. The Hall–Kier alpha value is -2.58. The van der Waals surface area contributed by atoms with Crippen molar-refractivity contribution in [2.24, 2.45) is 5.92 Å². The van der Waals surface area contributed by atoms with Crippen molar-refractivity contribution in [3.63, 3.8) is 0 Å². The Morgan fingerprint density at radius 2 is 1.78 bits per heavy atom. The minimum absolute atomic E-state index is 0.197. The predicted molar refractivity (Wildman–Crippen MR) is 130 cm³/mol. The van der Waals surface area contributed by atoms with Gasteiger partial charge in [-0.3, -0.25) is 9.52 Å². The molecule has 1 heterocycles. The Balaban J connectivity index is 1.87. The summed E-state index contributed by atoms with van der Waals surface area (Å²) in [6.45, 7) is 9.98. The van der Waals surface area contributed by atoms with Crippen LogP contribution in [0.4, 0.5) is 11.4 Å². The maximum Gasteiger partial charge on any atom is 0.261 e. The summed E-state index contributed by atoms with van der Waals surface area (Å²) in [7, 11) is -3.76. The van der Waals surface area contributed by atoms with Gasteiger partial charge in [-0.05, 0) is 48.2 Å². The molecule has 0 saturated carbocycles. The predicted octanol–water partition coefficient (Wildman–Crippen LogP) is 3.24. The summed E-state index contributed by atoms with van der Waals surface area (Å²) >= 11 is 0. The van der Waals surface area contributed by atoms with Crippen LogP contribution in [0.5, 0.6) is 0 Å². The smallest absolute Gasteiger partial charge is 0.261 e. The molecule has 0 radical (unpaired) electrons. The van der Waals surface area contributed by atoms with Crippen LogP contribution < -0.4 is 20.3 Å². The number of anilines is 2. The molecule has 7 nitrogen and oxygen atoms in total. The first kappa shape index (κ1) is 24.1. The SMILES string of the molecule is CCCc1ccc(S(=O)(=O)Nc2ccc(N3CCNCC3)c(C(=O)NCC(C)C)c2)cc1. The second-order valence-corrected chi connectivity index (χ2v) is 10.3. The van der Waals surface area contributed by atoms with Crippen molar-refractivity contribution in [3.05, 3.63) is 53.6 Å². The van der Waals surface area contributed by atoms with E-state index < -0.39 is 10.0 Å². The van der Waals surface area contributed by atoms with Crippen molar-refractivity contribution in [3.8, 4) is 0 Å². The number of carbonyl (C=O) groups is 1. The number of rotatable bonds is 9. The highest BCUT2D eigenvalue weighted by molar-refractivity contribution is 7.92. The van der Waals surface area contributed by atoms with E-state index in [9.17, 15) is 13.2 Å². The van der Waals surface area contributed by atoms with Crippen molar-refractivity contribution in [2.45, 2.75) is 38.5 Å². The standard InChI is InChI=1S/C24H34N4O3S/c1-4-5-19-6-9-21(10-7-19)32(30,31)27-20-8-11-23(28-14-12-25-13-15-28)22(16-20)24(29)26-17-18(2)3/h6-11,16,18,25,27H,4-5,12-15,17H2,1-3H3,(H,26,29). The van der Waals surface area contributed by atoms with E-state index in [-0.39, 0.29) is 10.8 Å². The zero-order chi connectivity index (χ0) is 23.1. The number of nitrogens with zero attached hydrogens (tertiary/aromatic N) is 1. The Bertz CT molecular complexity index is 1010. The van der Waals surface area contributed by atoms with E-state index in [4.69, 9.17) is 0 Å². The fourth-order valence-electron chi connectivity index (χ4n) is 3.69. The highest BCUT2D eigenvalue weighted by atomic mass is 32.2. The lowest BCUT2D eigenvalue weighted by Gasteiger charge is -2.31. The number of benzene rings is 2. The van der Waals surface area contributed by atoms with Crippen LogP contribution in [0, 0.1) is 5.92 Å². The van der Waals surface area contributed by atoms with E-state index in [0.717, 1.165) is 50.3 Å². The lowest BCUT2D eigenvalue weighted by Crippen LogP contribution is -2.44. The molecule has 1 amide bonds. The zero-order valence-corrected chi connectivity index (χ0v) is 20.0. The Morgan fingerprint density at radius 1 is 1.09 bits per heavy atom. The van der Waals surface area contributed by atoms with E-state index >= 15 is 0 Å². The maximum atomic E-state index is 13.0. The lowest BCUT2D eigenvalue weighted by atomic mass is 10.1. The highest BCUT2D eigenvalue weighted by Crippen LogP contribution is 2.27. The van der Waals surface area contributed by atoms with Crippen molar-refractivity contribution in [1.29, 1.82) is 0 Å². The van der Waals surface area contributed by atoms with Gasteiger partial charge < -0.3 is 15.5 Å². The molecule has 32 heavy (non-hydrogen) atoms. The van der Waals surface area contributed by atoms with Crippen LogP contribution >= 0.6 is 0 Å². The summed E-state index contributed by atoms with van der Waals surface area (Å²) in [6, 6.07) is 12.1. The Morgan fingerprint density at radius 3 is 2.41 bits per heavy atom. The number of hydrogen-bond acceptors (Lipinski definition) is 5. The number of hydrogen-bond donors (Lipinski definition) is 3. The van der Waals surface area contributed by atoms with Crippen LogP contribution in [-0.2, 0) is 16.4 Å². The first-order chi connectivity index (χ1) is 15.3. The van der Waals surface area contributed by atoms with Gasteiger partial charge in [0.15, 0.2) is 0 Å². The van der Waals surface area contributed by atoms with E-state index in [1.807, 2.05) is 32.0 Å². The molecule has 0 bridgehead atoms. The molecule has 0 aliphatic carbocycles. The van der Waals surface area contributed by atoms with Gasteiger partial charge in [-0.25, -0.2) is 8.42 Å². The fourth-order valence-corrected chi connectivity index (χ4v) is 4.74. The maximum absolute atomic E-state index is 13.0. The Labute approximate surface area is 191 Å². The van der Waals surface area contributed by atoms with Gasteiger partial charge in [0, 0.05) is 44.1 Å². The second-order valence-electron chi connectivity index (χ2n) is 8.57. The summed E-state index contributed by atoms with van der Waals surface area (Å²) in [5.74, 6) is 0.121. The molecular formula is C24H34N4O3S. The van der Waals surface area contributed by atoms with Crippen LogP contribution in [0.15, 0.2) is 47.4 Å². The van der Waals surface area contributed by atoms with Crippen LogP contribution in [0.25, 0.3) is 0 Å². The number of aryl methyl sites for hydroxylation is 1. The molecule has 8 heteroatoms. The molecule has 0 spiro atoms. The van der Waals surface area contributed by atoms with Gasteiger partial charge >= 0.3 is 0 Å². The van der Waals surface area contributed by atoms with E-state index in [2.05, 4.69) is 27.2 Å². The summed E-state index contributed by atoms with van der Waals surface area (Å²) < 4.78 is 28.5. The van der Waals surface area contributed by atoms with Crippen molar-refractivity contribution in [2.75, 3.05) is 42.3 Å². The van der Waals surface area contributed by atoms with Crippen LogP contribution in [0.1, 0.15) is 43.1 Å². The molecule has 1 saturated heterocycles. The van der Waals surface area contributed by atoms with E-state index in [1.54, 1.807) is 24.3 Å². The number of carbonyl (C=O) groups excluding carboxylic acids is 1. The van der Waals surface area contributed by atoms with Gasteiger partial charge in [0.2, 0.25) is 0 Å². The molecule has 0 aromatic heterocycles. The second kappa shape index (κ2) is 10.8. The largest absolute Gasteiger partial charge is 0.368 e. The third-order valence-electron chi connectivity index (χ3n) is 5.39. The summed E-state index contributed by atoms with van der Waals surface area (Å²) in [4.78, 5) is 15.3. The normalized spacial score (nSPS) is 14.4. The number of sulfonamides is 1. The lowest BCUT2D eigenvalue weighted by molar-refractivity contribution is 0.0949. The number of nitrogens with one attached hydrogen (secondary N) is 3. The van der Waals surface area contributed by atoms with E-state index in [0.29, 0.717) is 23.7 Å². The molecule has 1 aliphatic heterocycles. The van der Waals surface area contributed by atoms with Gasteiger partial charge in [0.05, 0.1) is 10.5 Å². The average molecular weight is 459 g/mol. The summed E-state index contributed by atoms with van der Waals surface area (Å²) in [5.41, 5.74) is 2.78. The third-order valence-corrected chi connectivity index (χ3v) is 6.79. The molecule has 2 aromatic carbocycles. The van der Waals surface area contributed by atoms with Gasteiger partial charge in [-0.15, -0.1) is 0 Å². The van der Waals surface area contributed by atoms with Crippen molar-refractivity contribution < 1.29 is 13.2 Å². The van der Waals surface area contributed by atoms with Gasteiger partial charge in [0.1, 0.15) is 0 Å². The minimum atomic E-state index is -3.76. The fraction of sp³-hybridized carbons (Fsp3) is 0.458. The topological polar surface area (TPSA) is 90.5 Å². The molecule has 3 N–H and O–H groups in total. The molecule has 2 aromatic rings. The van der Waals surface area contributed by atoms with Gasteiger partial charge in [-0.1, -0.05) is 39.3 Å². The number of amides is 1. The quantitative estimate of drug-likeness (QED) is 0.537. The zero-order valence-electron chi connectivity index (χ0n) is 19.1. The molecule has 174 valence electrons. The highest BCUT2D eigenvalue weighted by Gasteiger charge is 2.21. The Kier molecular flexibility index (Phi) is 8.15. The van der Waals surface area contributed by atoms with Crippen LogP contribution in [0.3, 0.4) is 0 Å². The molecule has 0 unspecified atom stereocenters. The van der Waals surface area contributed by atoms with Gasteiger partial charge in [-0.2, -0.15) is 0 Å². The molecule has 1 aliphatic rings. The van der Waals surface area contributed by atoms with E-state index in [1.165, 1.54) is 0 Å². The van der Waals surface area contributed by atoms with Crippen LogP contribution in [-0.4, -0.2) is 47.0 Å². The number of piperazine rings is 1. The minimum Gasteiger partial charge on any atom is -0.368 e. The van der Waals surface area contributed by atoms with Crippen molar-refractivity contribution in [1.82, 2.24) is 10.6 Å². The van der Waals surface area contributed by atoms with Crippen molar-refractivity contribution >= 4 is 27.3 Å². The monoisotopic (exact) mass is 458 g/mol. The summed E-state index contributed by atoms with van der Waals surface area (Å²) in [6.07, 6.45) is 1.92. The average Bonchev–Trinajstić information content (AvgIpc) is 2.78.